The van der Waals surface area contributed by atoms with Crippen LogP contribution in [0.3, 0.4) is 0 Å². The second kappa shape index (κ2) is 10.3. The van der Waals surface area contributed by atoms with Gasteiger partial charge < -0.3 is 20.7 Å². The zero-order chi connectivity index (χ0) is 23.3. The van der Waals surface area contributed by atoms with E-state index in [2.05, 4.69) is 20.9 Å². The molecule has 0 bridgehead atoms. The van der Waals surface area contributed by atoms with Gasteiger partial charge in [-0.25, -0.2) is 14.2 Å². The fourth-order valence-electron chi connectivity index (χ4n) is 3.54. The summed E-state index contributed by atoms with van der Waals surface area (Å²) in [5, 5.41) is 9.51. The van der Waals surface area contributed by atoms with Crippen molar-refractivity contribution in [3.8, 4) is 0 Å². The Morgan fingerprint density at radius 3 is 2.56 bits per heavy atom. The highest BCUT2D eigenvalue weighted by molar-refractivity contribution is 6.30. The molecule has 2 aromatic rings. The first-order chi connectivity index (χ1) is 15.1. The molecule has 1 amide bonds. The van der Waals surface area contributed by atoms with E-state index in [0.717, 1.165) is 32.0 Å². The van der Waals surface area contributed by atoms with Crippen molar-refractivity contribution in [2.75, 3.05) is 23.7 Å². The molecule has 3 N–H and O–H groups in total. The molecule has 9 heteroatoms. The first-order valence-electron chi connectivity index (χ1n) is 10.5. The predicted octanol–water partition coefficient (Wildman–Crippen LogP) is 4.25. The molecule has 1 atom stereocenters. The number of rotatable bonds is 6. The highest BCUT2D eigenvalue weighted by Gasteiger charge is 2.34. The number of nitrogens with one attached hydrogen (secondary N) is 3. The molecule has 172 valence electrons. The smallest absolute Gasteiger partial charge is 0.329 e. The van der Waals surface area contributed by atoms with Gasteiger partial charge in [0.05, 0.1) is 10.6 Å². The number of halogens is 2. The van der Waals surface area contributed by atoms with Gasteiger partial charge in [-0.1, -0.05) is 11.6 Å². The summed E-state index contributed by atoms with van der Waals surface area (Å²) in [6, 6.07) is 6.28. The number of hydrogen-bond donors (Lipinski definition) is 3. The standard InChI is InChI=1S/C23H28ClFN4O3/c1-23(2,3)32-22(31)20(14-8-10-26-11-9-14)28-18-6-5-16(25)12-17(18)21(30)29-19-7-4-15(24)13-27-19/h4-7,12-14,20,26,28H,8-11H2,1-3H3,(H,27,29,30). The van der Waals surface area contributed by atoms with Crippen LogP contribution in [0.4, 0.5) is 15.9 Å². The minimum atomic E-state index is -0.679. The number of nitrogens with zero attached hydrogens (tertiary/aromatic N) is 1. The van der Waals surface area contributed by atoms with Crippen LogP contribution in [0.25, 0.3) is 0 Å². The van der Waals surface area contributed by atoms with Gasteiger partial charge in [0.15, 0.2) is 0 Å². The Morgan fingerprint density at radius 1 is 1.22 bits per heavy atom. The van der Waals surface area contributed by atoms with Gasteiger partial charge in [-0.3, -0.25) is 4.79 Å². The topological polar surface area (TPSA) is 92.3 Å². The normalized spacial score (nSPS) is 15.7. The number of ether oxygens (including phenoxy) is 1. The van der Waals surface area contributed by atoms with Gasteiger partial charge >= 0.3 is 5.97 Å². The molecule has 1 aromatic heterocycles. The van der Waals surface area contributed by atoms with Crippen molar-refractivity contribution in [1.29, 1.82) is 0 Å². The van der Waals surface area contributed by atoms with E-state index in [1.54, 1.807) is 32.9 Å². The van der Waals surface area contributed by atoms with Crippen molar-refractivity contribution in [2.45, 2.75) is 45.3 Å². The lowest BCUT2D eigenvalue weighted by Gasteiger charge is -2.33. The van der Waals surface area contributed by atoms with E-state index in [4.69, 9.17) is 16.3 Å². The van der Waals surface area contributed by atoms with Crippen molar-refractivity contribution >= 4 is 35.0 Å². The summed E-state index contributed by atoms with van der Waals surface area (Å²) in [6.45, 7) is 6.98. The van der Waals surface area contributed by atoms with Gasteiger partial charge in [0.2, 0.25) is 0 Å². The third-order valence-electron chi connectivity index (χ3n) is 5.02. The fourth-order valence-corrected chi connectivity index (χ4v) is 3.66. The molecule has 7 nitrogen and oxygen atoms in total. The Morgan fingerprint density at radius 2 is 1.94 bits per heavy atom. The number of piperidine rings is 1. The highest BCUT2D eigenvalue weighted by Crippen LogP contribution is 2.26. The van der Waals surface area contributed by atoms with Crippen molar-refractivity contribution in [2.24, 2.45) is 5.92 Å². The first-order valence-corrected chi connectivity index (χ1v) is 10.9. The molecule has 0 aliphatic carbocycles. The Kier molecular flexibility index (Phi) is 7.69. The largest absolute Gasteiger partial charge is 0.458 e. The highest BCUT2D eigenvalue weighted by atomic mass is 35.5. The average Bonchev–Trinajstić information content (AvgIpc) is 2.73. The van der Waals surface area contributed by atoms with E-state index in [9.17, 15) is 14.0 Å². The summed E-state index contributed by atoms with van der Waals surface area (Å²) in [5.41, 5.74) is -0.260. The number of esters is 1. The molecule has 3 rings (SSSR count). The van der Waals surface area contributed by atoms with Crippen LogP contribution in [-0.2, 0) is 9.53 Å². The summed E-state index contributed by atoms with van der Waals surface area (Å²) in [7, 11) is 0. The van der Waals surface area contributed by atoms with Gasteiger partial charge in [0, 0.05) is 11.9 Å². The molecular weight excluding hydrogens is 435 g/mol. The third kappa shape index (κ3) is 6.64. The van der Waals surface area contributed by atoms with Crippen molar-refractivity contribution < 1.29 is 18.7 Å². The second-order valence-corrected chi connectivity index (χ2v) is 9.19. The van der Waals surface area contributed by atoms with Crippen LogP contribution >= 0.6 is 11.6 Å². The molecule has 32 heavy (non-hydrogen) atoms. The van der Waals surface area contributed by atoms with Crippen molar-refractivity contribution in [1.82, 2.24) is 10.3 Å². The van der Waals surface area contributed by atoms with Gasteiger partial charge in [-0.15, -0.1) is 0 Å². The van der Waals surface area contributed by atoms with Crippen LogP contribution in [0.5, 0.6) is 0 Å². The number of hydrogen-bond acceptors (Lipinski definition) is 6. The minimum Gasteiger partial charge on any atom is -0.458 e. The minimum absolute atomic E-state index is 0.00463. The molecule has 2 heterocycles. The SMILES string of the molecule is CC(C)(C)OC(=O)C(Nc1ccc(F)cc1C(=O)Nc1ccc(Cl)cn1)C1CCNCC1. The lowest BCUT2D eigenvalue weighted by atomic mass is 9.89. The van der Waals surface area contributed by atoms with Crippen LogP contribution in [0, 0.1) is 11.7 Å². The van der Waals surface area contributed by atoms with Crippen LogP contribution in [0.1, 0.15) is 44.0 Å². The fraction of sp³-hybridized carbons (Fsp3) is 0.435. The third-order valence-corrected chi connectivity index (χ3v) is 5.25. The maximum atomic E-state index is 14.0. The first kappa shape index (κ1) is 23.9. The van der Waals surface area contributed by atoms with Crippen molar-refractivity contribution in [3.05, 3.63) is 52.9 Å². The molecule has 1 unspecified atom stereocenters. The number of carbonyl (C=O) groups excluding carboxylic acids is 2. The zero-order valence-electron chi connectivity index (χ0n) is 18.4. The zero-order valence-corrected chi connectivity index (χ0v) is 19.1. The van der Waals surface area contributed by atoms with E-state index in [1.807, 2.05) is 0 Å². The summed E-state index contributed by atoms with van der Waals surface area (Å²) in [4.78, 5) is 30.0. The molecule has 1 fully saturated rings. The number of anilines is 2. The summed E-state index contributed by atoms with van der Waals surface area (Å²) >= 11 is 5.83. The average molecular weight is 463 g/mol. The van der Waals surface area contributed by atoms with Crippen LogP contribution < -0.4 is 16.0 Å². The lowest BCUT2D eigenvalue weighted by Crippen LogP contribution is -2.45. The molecule has 1 aliphatic rings. The Bertz CT molecular complexity index is 957. The van der Waals surface area contributed by atoms with Crippen LogP contribution in [0.15, 0.2) is 36.5 Å². The van der Waals surface area contributed by atoms with E-state index in [0.29, 0.717) is 10.7 Å². The van der Waals surface area contributed by atoms with E-state index in [1.165, 1.54) is 18.3 Å². The number of pyridine rings is 1. The molecular formula is C23H28ClFN4O3. The molecule has 1 saturated heterocycles. The van der Waals surface area contributed by atoms with Crippen molar-refractivity contribution in [3.63, 3.8) is 0 Å². The Labute approximate surface area is 192 Å². The second-order valence-electron chi connectivity index (χ2n) is 8.75. The molecule has 0 spiro atoms. The summed E-state index contributed by atoms with van der Waals surface area (Å²) in [5.74, 6) is -1.25. The van der Waals surface area contributed by atoms with E-state index < -0.39 is 29.3 Å². The van der Waals surface area contributed by atoms with E-state index in [-0.39, 0.29) is 17.3 Å². The summed E-state index contributed by atoms with van der Waals surface area (Å²) < 4.78 is 19.7. The van der Waals surface area contributed by atoms with Gasteiger partial charge in [-0.2, -0.15) is 0 Å². The molecule has 1 aliphatic heterocycles. The molecule has 1 aromatic carbocycles. The number of benzene rings is 1. The maximum Gasteiger partial charge on any atom is 0.329 e. The van der Waals surface area contributed by atoms with Crippen LogP contribution in [-0.4, -0.2) is 41.6 Å². The Hall–Kier alpha value is -2.71. The lowest BCUT2D eigenvalue weighted by molar-refractivity contribution is -0.157. The number of carbonyl (C=O) groups is 2. The number of amides is 1. The number of aromatic nitrogens is 1. The molecule has 0 radical (unpaired) electrons. The molecule has 0 saturated carbocycles. The monoisotopic (exact) mass is 462 g/mol. The van der Waals surface area contributed by atoms with Crippen LogP contribution in [0.2, 0.25) is 5.02 Å². The quantitative estimate of drug-likeness (QED) is 0.556. The Balaban J connectivity index is 1.87. The van der Waals surface area contributed by atoms with Gasteiger partial charge in [0.1, 0.15) is 23.3 Å². The van der Waals surface area contributed by atoms with E-state index >= 15 is 0 Å². The summed E-state index contributed by atoms with van der Waals surface area (Å²) in [6.07, 6.45) is 2.94. The maximum absolute atomic E-state index is 14.0. The van der Waals surface area contributed by atoms with Gasteiger partial charge in [-0.05, 0) is 83.0 Å². The predicted molar refractivity (Wildman–Crippen MR) is 122 cm³/mol. The van der Waals surface area contributed by atoms with Gasteiger partial charge in [0.25, 0.3) is 5.91 Å².